The van der Waals surface area contributed by atoms with E-state index in [2.05, 4.69) is 45.0 Å². The summed E-state index contributed by atoms with van der Waals surface area (Å²) in [6.07, 6.45) is 2.78. The molecule has 176 valence electrons. The van der Waals surface area contributed by atoms with E-state index >= 15 is 0 Å². The molecule has 1 amide bonds. The molecule has 0 spiro atoms. The van der Waals surface area contributed by atoms with Crippen molar-refractivity contribution < 1.29 is 9.53 Å². The second-order valence-electron chi connectivity index (χ2n) is 9.37. The Morgan fingerprint density at radius 2 is 1.64 bits per heavy atom. The highest BCUT2D eigenvalue weighted by Crippen LogP contribution is 2.31. The molecule has 0 N–H and O–H groups in total. The van der Waals surface area contributed by atoms with Crippen molar-refractivity contribution in [3.63, 3.8) is 0 Å². The Balaban J connectivity index is 1.39. The van der Waals surface area contributed by atoms with Crippen molar-refractivity contribution in [3.8, 4) is 0 Å². The lowest BCUT2D eigenvalue weighted by Crippen LogP contribution is -2.71. The highest BCUT2D eigenvalue weighted by molar-refractivity contribution is 6.42. The first kappa shape index (κ1) is 23.1. The standard InChI is InChI=1S/C26H31Cl2N3O2/c27-21-9-8-20(14-22(21)28)15-25(32)31-13-12-30(16-19-6-2-1-3-7-19)24-18-33-17-23(26(24)31)29-10-4-5-11-29/h1-3,6-9,14,23-24,26H,4-5,10-13,15-18H2/t23-,24+,26+/m0/s1. The van der Waals surface area contributed by atoms with E-state index in [0.717, 1.165) is 38.3 Å². The number of likely N-dealkylation sites (tertiary alicyclic amines) is 1. The van der Waals surface area contributed by atoms with Crippen LogP contribution in [0, 0.1) is 0 Å². The molecule has 5 nitrogen and oxygen atoms in total. The number of rotatable bonds is 5. The minimum atomic E-state index is 0.129. The number of amides is 1. The van der Waals surface area contributed by atoms with Gasteiger partial charge in [0.05, 0.1) is 47.8 Å². The van der Waals surface area contributed by atoms with Crippen LogP contribution >= 0.6 is 23.2 Å². The first-order valence-corrected chi connectivity index (χ1v) is 12.7. The maximum atomic E-state index is 13.6. The molecule has 5 rings (SSSR count). The third-order valence-electron chi connectivity index (χ3n) is 7.32. The van der Waals surface area contributed by atoms with Gasteiger partial charge in [-0.2, -0.15) is 0 Å². The minimum Gasteiger partial charge on any atom is -0.378 e. The highest BCUT2D eigenvalue weighted by Gasteiger charge is 2.47. The van der Waals surface area contributed by atoms with Crippen molar-refractivity contribution in [1.29, 1.82) is 0 Å². The van der Waals surface area contributed by atoms with Crippen LogP contribution in [0.3, 0.4) is 0 Å². The van der Waals surface area contributed by atoms with Crippen LogP contribution in [0.25, 0.3) is 0 Å². The summed E-state index contributed by atoms with van der Waals surface area (Å²) in [5, 5.41) is 1.01. The number of carbonyl (C=O) groups is 1. The molecule has 3 fully saturated rings. The van der Waals surface area contributed by atoms with Gasteiger partial charge in [0.2, 0.25) is 5.91 Å². The fourth-order valence-electron chi connectivity index (χ4n) is 5.68. The Hall–Kier alpha value is -1.63. The Bertz CT molecular complexity index is 967. The number of halogens is 2. The van der Waals surface area contributed by atoms with E-state index in [-0.39, 0.29) is 24.0 Å². The molecule has 0 bridgehead atoms. The average molecular weight is 488 g/mol. The molecule has 0 unspecified atom stereocenters. The Morgan fingerprint density at radius 1 is 0.879 bits per heavy atom. The van der Waals surface area contributed by atoms with Gasteiger partial charge in [-0.1, -0.05) is 59.6 Å². The van der Waals surface area contributed by atoms with E-state index in [1.165, 1.54) is 18.4 Å². The Morgan fingerprint density at radius 3 is 2.39 bits per heavy atom. The normalized spacial score (nSPS) is 26.4. The highest BCUT2D eigenvalue weighted by atomic mass is 35.5. The first-order chi connectivity index (χ1) is 16.1. The molecule has 3 aliphatic rings. The minimum absolute atomic E-state index is 0.129. The molecular formula is C26H31Cl2N3O2. The number of nitrogens with zero attached hydrogens (tertiary/aromatic N) is 3. The average Bonchev–Trinajstić information content (AvgIpc) is 3.37. The molecule has 3 atom stereocenters. The predicted octanol–water partition coefficient (Wildman–Crippen LogP) is 4.11. The van der Waals surface area contributed by atoms with Gasteiger partial charge >= 0.3 is 0 Å². The molecule has 3 saturated heterocycles. The molecule has 0 aromatic heterocycles. The summed E-state index contributed by atoms with van der Waals surface area (Å²) in [5.74, 6) is 0.161. The van der Waals surface area contributed by atoms with E-state index in [1.54, 1.807) is 6.07 Å². The molecular weight excluding hydrogens is 457 g/mol. The van der Waals surface area contributed by atoms with Gasteiger partial charge in [0.15, 0.2) is 0 Å². The second kappa shape index (κ2) is 10.3. The molecule has 2 aromatic carbocycles. The van der Waals surface area contributed by atoms with Crippen LogP contribution in [0.15, 0.2) is 48.5 Å². The van der Waals surface area contributed by atoms with E-state index in [1.807, 2.05) is 12.1 Å². The fraction of sp³-hybridized carbons (Fsp3) is 0.500. The summed E-state index contributed by atoms with van der Waals surface area (Å²) >= 11 is 12.3. The van der Waals surface area contributed by atoms with Crippen LogP contribution < -0.4 is 0 Å². The quantitative estimate of drug-likeness (QED) is 0.635. The summed E-state index contributed by atoms with van der Waals surface area (Å²) < 4.78 is 6.15. The largest absolute Gasteiger partial charge is 0.378 e. The van der Waals surface area contributed by atoms with E-state index in [9.17, 15) is 4.79 Å². The maximum Gasteiger partial charge on any atom is 0.227 e. The first-order valence-electron chi connectivity index (χ1n) is 11.9. The van der Waals surface area contributed by atoms with Gasteiger partial charge in [-0.3, -0.25) is 14.6 Å². The molecule has 0 aliphatic carbocycles. The van der Waals surface area contributed by atoms with Crippen molar-refractivity contribution in [2.24, 2.45) is 0 Å². The number of carbonyl (C=O) groups excluding carboxylic acids is 1. The zero-order valence-electron chi connectivity index (χ0n) is 18.8. The van der Waals surface area contributed by atoms with Crippen LogP contribution in [0.2, 0.25) is 10.0 Å². The summed E-state index contributed by atoms with van der Waals surface area (Å²) in [6, 6.07) is 16.6. The Labute approximate surface area is 206 Å². The number of ether oxygens (including phenoxy) is 1. The molecule has 2 aromatic rings. The Kier molecular flexibility index (Phi) is 7.24. The number of fused-ring (bicyclic) bond motifs is 1. The van der Waals surface area contributed by atoms with Crippen LogP contribution in [0.5, 0.6) is 0 Å². The third kappa shape index (κ3) is 5.08. The number of hydrogen-bond acceptors (Lipinski definition) is 4. The van der Waals surface area contributed by atoms with Gasteiger partial charge in [0.25, 0.3) is 0 Å². The lowest BCUT2D eigenvalue weighted by atomic mass is 9.90. The zero-order chi connectivity index (χ0) is 22.8. The van der Waals surface area contributed by atoms with Crippen LogP contribution in [-0.2, 0) is 22.5 Å². The fourth-order valence-corrected chi connectivity index (χ4v) is 6.00. The van der Waals surface area contributed by atoms with Gasteiger partial charge in [-0.15, -0.1) is 0 Å². The van der Waals surface area contributed by atoms with Crippen molar-refractivity contribution in [2.75, 3.05) is 39.4 Å². The topological polar surface area (TPSA) is 36.0 Å². The van der Waals surface area contributed by atoms with Crippen molar-refractivity contribution >= 4 is 29.1 Å². The summed E-state index contributed by atoms with van der Waals surface area (Å²) in [7, 11) is 0. The maximum absolute atomic E-state index is 13.6. The molecule has 7 heteroatoms. The summed E-state index contributed by atoms with van der Waals surface area (Å²) in [6.45, 7) is 6.00. The van der Waals surface area contributed by atoms with Crippen molar-refractivity contribution in [2.45, 2.75) is 43.9 Å². The van der Waals surface area contributed by atoms with E-state index in [0.29, 0.717) is 29.7 Å². The number of benzene rings is 2. The van der Waals surface area contributed by atoms with Gasteiger partial charge in [0, 0.05) is 19.6 Å². The van der Waals surface area contributed by atoms with Gasteiger partial charge in [-0.25, -0.2) is 0 Å². The monoisotopic (exact) mass is 487 g/mol. The van der Waals surface area contributed by atoms with Crippen molar-refractivity contribution in [1.82, 2.24) is 14.7 Å². The van der Waals surface area contributed by atoms with Crippen LogP contribution in [0.4, 0.5) is 0 Å². The molecule has 3 aliphatic heterocycles. The van der Waals surface area contributed by atoms with E-state index in [4.69, 9.17) is 27.9 Å². The summed E-state index contributed by atoms with van der Waals surface area (Å²) in [4.78, 5) is 20.8. The zero-order valence-corrected chi connectivity index (χ0v) is 20.3. The van der Waals surface area contributed by atoms with Crippen LogP contribution in [0.1, 0.15) is 24.0 Å². The predicted molar refractivity (Wildman–Crippen MR) is 132 cm³/mol. The van der Waals surface area contributed by atoms with Gasteiger partial charge in [-0.05, 0) is 49.2 Å². The van der Waals surface area contributed by atoms with E-state index < -0.39 is 0 Å². The molecule has 3 heterocycles. The number of hydrogen-bond donors (Lipinski definition) is 0. The number of piperazine rings is 1. The molecule has 0 saturated carbocycles. The third-order valence-corrected chi connectivity index (χ3v) is 8.06. The van der Waals surface area contributed by atoms with Crippen molar-refractivity contribution in [3.05, 3.63) is 69.7 Å². The lowest BCUT2D eigenvalue weighted by Gasteiger charge is -2.54. The lowest BCUT2D eigenvalue weighted by molar-refractivity contribution is -0.153. The smallest absolute Gasteiger partial charge is 0.227 e. The van der Waals surface area contributed by atoms with Crippen LogP contribution in [-0.4, -0.2) is 78.1 Å². The SMILES string of the molecule is O=C(Cc1ccc(Cl)c(Cl)c1)N1CCN(Cc2ccccc2)[C@@H]2COC[C@H](N3CCCC3)[C@H]21. The molecule has 0 radical (unpaired) electrons. The van der Waals surface area contributed by atoms with Gasteiger partial charge < -0.3 is 9.64 Å². The molecule has 33 heavy (non-hydrogen) atoms. The summed E-state index contributed by atoms with van der Waals surface area (Å²) in [5.41, 5.74) is 2.21. The van der Waals surface area contributed by atoms with Gasteiger partial charge in [0.1, 0.15) is 0 Å². The second-order valence-corrected chi connectivity index (χ2v) is 10.2.